The Kier molecular flexibility index (Phi) is 2.58. The summed E-state index contributed by atoms with van der Waals surface area (Å²) < 4.78 is 0. The van der Waals surface area contributed by atoms with Crippen LogP contribution in [0.4, 0.5) is 0 Å². The van der Waals surface area contributed by atoms with Crippen molar-refractivity contribution < 1.29 is 15.0 Å². The quantitative estimate of drug-likeness (QED) is 0.552. The fraction of sp³-hybridized carbons (Fsp3) is 0.500. The van der Waals surface area contributed by atoms with Gasteiger partial charge in [-0.05, 0) is 6.08 Å². The summed E-state index contributed by atoms with van der Waals surface area (Å²) in [5, 5.41) is 26.4. The molecule has 0 radical (unpaired) electrons. The maximum atomic E-state index is 11.0. The molecule has 2 unspecified atom stereocenters. The molecule has 0 bridgehead atoms. The van der Waals surface area contributed by atoms with Gasteiger partial charge < -0.3 is 10.2 Å². The minimum atomic E-state index is -1.01. The third-order valence-electron chi connectivity index (χ3n) is 1.79. The molecule has 0 saturated carbocycles. The monoisotopic (exact) mass is 167 g/mol. The van der Waals surface area contributed by atoms with E-state index in [1.54, 1.807) is 0 Å². The summed E-state index contributed by atoms with van der Waals surface area (Å²) in [6.07, 6.45) is -0.859. The SMILES string of the molecule is N#CCC1=CC(O)C(O)CC1=O. The van der Waals surface area contributed by atoms with E-state index in [1.807, 2.05) is 6.07 Å². The van der Waals surface area contributed by atoms with Crippen LogP contribution in [0, 0.1) is 11.3 Å². The maximum Gasteiger partial charge on any atom is 0.162 e. The second-order valence-corrected chi connectivity index (χ2v) is 2.71. The number of nitriles is 1. The first-order chi connectivity index (χ1) is 5.65. The zero-order valence-electron chi connectivity index (χ0n) is 6.40. The third kappa shape index (κ3) is 1.70. The van der Waals surface area contributed by atoms with E-state index in [2.05, 4.69) is 0 Å². The molecular formula is C8H9NO3. The predicted octanol–water partition coefficient (Wildman–Crippen LogP) is -0.479. The van der Waals surface area contributed by atoms with Crippen LogP contribution in [-0.4, -0.2) is 28.2 Å². The van der Waals surface area contributed by atoms with E-state index in [9.17, 15) is 4.79 Å². The standard InChI is InChI=1S/C8H9NO3/c9-2-1-5-3-7(11)8(12)4-6(5)10/h3,7-8,11-12H,1,4H2. The summed E-state index contributed by atoms with van der Waals surface area (Å²) in [7, 11) is 0. The zero-order valence-corrected chi connectivity index (χ0v) is 6.40. The summed E-state index contributed by atoms with van der Waals surface area (Å²) in [6, 6.07) is 1.82. The molecule has 1 aliphatic rings. The molecule has 0 aromatic heterocycles. The van der Waals surface area contributed by atoms with E-state index in [-0.39, 0.29) is 18.6 Å². The van der Waals surface area contributed by atoms with Gasteiger partial charge in [0.2, 0.25) is 0 Å². The van der Waals surface area contributed by atoms with Crippen LogP contribution in [0.5, 0.6) is 0 Å². The molecule has 4 heteroatoms. The largest absolute Gasteiger partial charge is 0.390 e. The topological polar surface area (TPSA) is 81.3 Å². The molecule has 12 heavy (non-hydrogen) atoms. The summed E-state index contributed by atoms with van der Waals surface area (Å²) in [4.78, 5) is 11.0. The highest BCUT2D eigenvalue weighted by molar-refractivity contribution is 5.97. The van der Waals surface area contributed by atoms with Gasteiger partial charge in [-0.25, -0.2) is 0 Å². The van der Waals surface area contributed by atoms with Crippen LogP contribution >= 0.6 is 0 Å². The number of nitrogens with zero attached hydrogens (tertiary/aromatic N) is 1. The molecule has 1 aliphatic carbocycles. The minimum Gasteiger partial charge on any atom is -0.390 e. The Morgan fingerprint density at radius 2 is 2.33 bits per heavy atom. The van der Waals surface area contributed by atoms with Gasteiger partial charge in [0.15, 0.2) is 5.78 Å². The van der Waals surface area contributed by atoms with Gasteiger partial charge in [-0.1, -0.05) is 0 Å². The Bertz CT molecular complexity index is 264. The van der Waals surface area contributed by atoms with Crippen molar-refractivity contribution in [3.8, 4) is 6.07 Å². The van der Waals surface area contributed by atoms with Crippen molar-refractivity contribution in [1.82, 2.24) is 0 Å². The van der Waals surface area contributed by atoms with Crippen LogP contribution in [0.3, 0.4) is 0 Å². The van der Waals surface area contributed by atoms with E-state index in [4.69, 9.17) is 15.5 Å². The molecular weight excluding hydrogens is 158 g/mol. The van der Waals surface area contributed by atoms with Gasteiger partial charge in [0.25, 0.3) is 0 Å². The van der Waals surface area contributed by atoms with E-state index >= 15 is 0 Å². The molecule has 0 aromatic carbocycles. The molecule has 0 spiro atoms. The van der Waals surface area contributed by atoms with Crippen LogP contribution in [0.2, 0.25) is 0 Å². The van der Waals surface area contributed by atoms with Crippen LogP contribution in [0.1, 0.15) is 12.8 Å². The van der Waals surface area contributed by atoms with E-state index in [1.165, 1.54) is 6.08 Å². The normalized spacial score (nSPS) is 29.4. The molecule has 1 rings (SSSR count). The van der Waals surface area contributed by atoms with Crippen LogP contribution < -0.4 is 0 Å². The molecule has 0 aromatic rings. The highest BCUT2D eigenvalue weighted by atomic mass is 16.3. The van der Waals surface area contributed by atoms with Gasteiger partial charge >= 0.3 is 0 Å². The second kappa shape index (κ2) is 3.48. The van der Waals surface area contributed by atoms with E-state index in [0.717, 1.165) is 0 Å². The molecule has 2 N–H and O–H groups in total. The highest BCUT2D eigenvalue weighted by Gasteiger charge is 2.26. The number of aliphatic hydroxyl groups is 2. The number of aliphatic hydroxyl groups excluding tert-OH is 2. The predicted molar refractivity (Wildman–Crippen MR) is 40.0 cm³/mol. The number of carbonyl (C=O) groups is 1. The van der Waals surface area contributed by atoms with E-state index < -0.39 is 12.2 Å². The third-order valence-corrected chi connectivity index (χ3v) is 1.79. The van der Waals surface area contributed by atoms with Crippen molar-refractivity contribution in [2.75, 3.05) is 0 Å². The second-order valence-electron chi connectivity index (χ2n) is 2.71. The number of Topliss-reactive ketones (excluding diaryl/α,β-unsaturated/α-hetero) is 1. The van der Waals surface area contributed by atoms with Gasteiger partial charge in [0.1, 0.15) is 0 Å². The lowest BCUT2D eigenvalue weighted by atomic mass is 9.92. The van der Waals surface area contributed by atoms with Gasteiger partial charge in [-0.3, -0.25) is 4.79 Å². The lowest BCUT2D eigenvalue weighted by molar-refractivity contribution is -0.119. The van der Waals surface area contributed by atoms with Crippen molar-refractivity contribution in [3.05, 3.63) is 11.6 Å². The number of hydrogen-bond donors (Lipinski definition) is 2. The molecule has 4 nitrogen and oxygen atoms in total. The lowest BCUT2D eigenvalue weighted by Gasteiger charge is -2.20. The first-order valence-corrected chi connectivity index (χ1v) is 3.62. The number of allylic oxidation sites excluding steroid dienone is 1. The lowest BCUT2D eigenvalue weighted by Crippen LogP contribution is -2.32. The number of rotatable bonds is 1. The van der Waals surface area contributed by atoms with Gasteiger partial charge in [-0.15, -0.1) is 0 Å². The van der Waals surface area contributed by atoms with Crippen molar-refractivity contribution in [2.45, 2.75) is 25.0 Å². The van der Waals surface area contributed by atoms with Gasteiger partial charge in [-0.2, -0.15) is 5.26 Å². The van der Waals surface area contributed by atoms with Crippen LogP contribution in [0.15, 0.2) is 11.6 Å². The van der Waals surface area contributed by atoms with Gasteiger partial charge in [0, 0.05) is 12.0 Å². The number of ketones is 1. The maximum absolute atomic E-state index is 11.0. The van der Waals surface area contributed by atoms with Crippen molar-refractivity contribution in [1.29, 1.82) is 5.26 Å². The first-order valence-electron chi connectivity index (χ1n) is 3.62. The van der Waals surface area contributed by atoms with Crippen molar-refractivity contribution in [2.24, 2.45) is 0 Å². The summed E-state index contributed by atoms with van der Waals surface area (Å²) in [5.41, 5.74) is 0.301. The minimum absolute atomic E-state index is 0.00259. The molecule has 0 fully saturated rings. The highest BCUT2D eigenvalue weighted by Crippen LogP contribution is 2.17. The summed E-state index contributed by atoms with van der Waals surface area (Å²) >= 11 is 0. The molecule has 2 atom stereocenters. The molecule has 0 heterocycles. The first kappa shape index (κ1) is 8.91. The Morgan fingerprint density at radius 3 is 2.92 bits per heavy atom. The Balaban J connectivity index is 2.80. The fourth-order valence-corrected chi connectivity index (χ4v) is 1.09. The summed E-state index contributed by atoms with van der Waals surface area (Å²) in [6.45, 7) is 0. The Hall–Kier alpha value is -1.18. The number of carbonyl (C=O) groups excluding carboxylic acids is 1. The van der Waals surface area contributed by atoms with Crippen molar-refractivity contribution in [3.63, 3.8) is 0 Å². The molecule has 64 valence electrons. The molecule has 0 saturated heterocycles. The fourth-order valence-electron chi connectivity index (χ4n) is 1.09. The van der Waals surface area contributed by atoms with Gasteiger partial charge in [0.05, 0.1) is 24.7 Å². The molecule has 0 amide bonds. The zero-order chi connectivity index (χ0) is 9.14. The van der Waals surface area contributed by atoms with E-state index in [0.29, 0.717) is 5.57 Å². The smallest absolute Gasteiger partial charge is 0.162 e. The van der Waals surface area contributed by atoms with Crippen LogP contribution in [0.25, 0.3) is 0 Å². The van der Waals surface area contributed by atoms with Crippen LogP contribution in [-0.2, 0) is 4.79 Å². The Labute approximate surface area is 69.7 Å². The average molecular weight is 167 g/mol. The Morgan fingerprint density at radius 1 is 1.67 bits per heavy atom. The summed E-state index contributed by atoms with van der Waals surface area (Å²) in [5.74, 6) is -0.255. The average Bonchev–Trinajstić information content (AvgIpc) is 2.01. The number of hydrogen-bond acceptors (Lipinski definition) is 4. The van der Waals surface area contributed by atoms with Crippen molar-refractivity contribution >= 4 is 5.78 Å². The molecule has 0 aliphatic heterocycles.